The lowest BCUT2D eigenvalue weighted by atomic mass is 10.2. The molecule has 0 aromatic carbocycles. The lowest BCUT2D eigenvalue weighted by Gasteiger charge is -2.24. The molecule has 0 bridgehead atoms. The maximum Gasteiger partial charge on any atom is 0.0476 e. The quantitative estimate of drug-likeness (QED) is 0.757. The summed E-state index contributed by atoms with van der Waals surface area (Å²) in [5, 5.41) is 4.31. The molecule has 0 spiro atoms. The second kappa shape index (κ2) is 5.38. The molecule has 2 nitrogen and oxygen atoms in total. The van der Waals surface area contributed by atoms with Gasteiger partial charge < -0.3 is 10.1 Å². The molecule has 2 rings (SSSR count). The smallest absolute Gasteiger partial charge is 0.0476 e. The van der Waals surface area contributed by atoms with Crippen molar-refractivity contribution in [2.24, 2.45) is 5.92 Å². The van der Waals surface area contributed by atoms with Crippen LogP contribution in [0.2, 0.25) is 0 Å². The van der Waals surface area contributed by atoms with Gasteiger partial charge in [0.1, 0.15) is 0 Å². The van der Waals surface area contributed by atoms with E-state index in [1.54, 1.807) is 0 Å². The zero-order valence-corrected chi connectivity index (χ0v) is 9.81. The molecule has 1 saturated heterocycles. The van der Waals surface area contributed by atoms with E-state index in [4.69, 9.17) is 4.74 Å². The molecular weight excluding hydrogens is 194 g/mol. The van der Waals surface area contributed by atoms with E-state index in [1.165, 1.54) is 31.4 Å². The molecule has 1 N–H and O–H groups in total. The van der Waals surface area contributed by atoms with E-state index in [0.717, 1.165) is 30.4 Å². The van der Waals surface area contributed by atoms with E-state index in [1.807, 2.05) is 0 Å². The molecule has 82 valence electrons. The molecule has 2 fully saturated rings. The monoisotopic (exact) mass is 215 g/mol. The molecule has 1 unspecified atom stereocenters. The summed E-state index contributed by atoms with van der Waals surface area (Å²) in [7, 11) is 2.10. The summed E-state index contributed by atoms with van der Waals surface area (Å²) < 4.78 is 5.36. The Hall–Kier alpha value is 0.270. The van der Waals surface area contributed by atoms with Crippen molar-refractivity contribution in [3.05, 3.63) is 0 Å². The average Bonchev–Trinajstić information content (AvgIpc) is 3.05. The van der Waals surface area contributed by atoms with Crippen molar-refractivity contribution in [2.75, 3.05) is 26.0 Å². The highest BCUT2D eigenvalue weighted by Crippen LogP contribution is 2.35. The summed E-state index contributed by atoms with van der Waals surface area (Å²) in [5.41, 5.74) is 0. The van der Waals surface area contributed by atoms with E-state index in [-0.39, 0.29) is 0 Å². The summed E-state index contributed by atoms with van der Waals surface area (Å²) in [6.45, 7) is 1.95. The molecule has 1 atom stereocenters. The Morgan fingerprint density at radius 2 is 2.00 bits per heavy atom. The molecule has 1 aliphatic heterocycles. The van der Waals surface area contributed by atoms with Crippen molar-refractivity contribution in [3.8, 4) is 0 Å². The zero-order valence-electron chi connectivity index (χ0n) is 9.00. The van der Waals surface area contributed by atoms with Gasteiger partial charge in [-0.1, -0.05) is 0 Å². The largest absolute Gasteiger partial charge is 0.381 e. The van der Waals surface area contributed by atoms with Crippen LogP contribution in [0.15, 0.2) is 0 Å². The molecule has 3 heteroatoms. The lowest BCUT2D eigenvalue weighted by Crippen LogP contribution is -2.31. The van der Waals surface area contributed by atoms with E-state index < -0.39 is 0 Å². The van der Waals surface area contributed by atoms with E-state index >= 15 is 0 Å². The van der Waals surface area contributed by atoms with Crippen LogP contribution in [0.4, 0.5) is 0 Å². The van der Waals surface area contributed by atoms with Crippen molar-refractivity contribution >= 4 is 11.8 Å². The van der Waals surface area contributed by atoms with Crippen LogP contribution in [0.25, 0.3) is 0 Å². The van der Waals surface area contributed by atoms with E-state index in [2.05, 4.69) is 24.1 Å². The number of ether oxygens (including phenoxy) is 1. The molecule has 0 radical (unpaired) electrons. The second-order valence-corrected chi connectivity index (χ2v) is 5.71. The van der Waals surface area contributed by atoms with Gasteiger partial charge in [0.15, 0.2) is 0 Å². The Labute approximate surface area is 91.2 Å². The van der Waals surface area contributed by atoms with Gasteiger partial charge in [0.2, 0.25) is 0 Å². The topological polar surface area (TPSA) is 21.3 Å². The van der Waals surface area contributed by atoms with Crippen LogP contribution in [0.5, 0.6) is 0 Å². The zero-order chi connectivity index (χ0) is 9.80. The lowest BCUT2D eigenvalue weighted by molar-refractivity contribution is 0.1000. The molecule has 1 heterocycles. The first-order valence-corrected chi connectivity index (χ1v) is 6.81. The molecule has 2 aliphatic rings. The first-order chi connectivity index (χ1) is 6.90. The normalized spacial score (nSPS) is 26.4. The fraction of sp³-hybridized carbons (Fsp3) is 1.00. The Morgan fingerprint density at radius 1 is 1.29 bits per heavy atom. The van der Waals surface area contributed by atoms with Gasteiger partial charge >= 0.3 is 0 Å². The van der Waals surface area contributed by atoms with Gasteiger partial charge in [-0.15, -0.1) is 0 Å². The second-order valence-electron chi connectivity index (χ2n) is 4.38. The molecule has 14 heavy (non-hydrogen) atoms. The van der Waals surface area contributed by atoms with Gasteiger partial charge in [0, 0.05) is 30.3 Å². The minimum absolute atomic E-state index is 0.767. The molecule has 0 aromatic rings. The maximum atomic E-state index is 5.36. The first-order valence-electron chi connectivity index (χ1n) is 5.76. The van der Waals surface area contributed by atoms with Crippen molar-refractivity contribution in [1.29, 1.82) is 0 Å². The van der Waals surface area contributed by atoms with Crippen LogP contribution in [0, 0.1) is 5.92 Å². The van der Waals surface area contributed by atoms with Crippen LogP contribution in [-0.2, 0) is 4.74 Å². The fourth-order valence-corrected chi connectivity index (χ4v) is 3.48. The summed E-state index contributed by atoms with van der Waals surface area (Å²) in [4.78, 5) is 0. The van der Waals surface area contributed by atoms with Crippen LogP contribution >= 0.6 is 11.8 Å². The average molecular weight is 215 g/mol. The third kappa shape index (κ3) is 3.14. The minimum atomic E-state index is 0.767. The highest BCUT2D eigenvalue weighted by Gasteiger charge is 2.30. The van der Waals surface area contributed by atoms with Gasteiger partial charge in [-0.2, -0.15) is 11.8 Å². The third-order valence-electron chi connectivity index (χ3n) is 3.24. The maximum absolute atomic E-state index is 5.36. The number of hydrogen-bond donors (Lipinski definition) is 1. The number of nitrogens with one attached hydrogen (secondary N) is 1. The highest BCUT2D eigenvalue weighted by atomic mass is 32.2. The summed E-state index contributed by atoms with van der Waals surface area (Å²) >= 11 is 2.16. The highest BCUT2D eigenvalue weighted by molar-refractivity contribution is 7.99. The van der Waals surface area contributed by atoms with Crippen molar-refractivity contribution in [3.63, 3.8) is 0 Å². The standard InChI is InChI=1S/C11H21NOS/c1-12-11(9-2-3-9)8-14-10-4-6-13-7-5-10/h9-12H,2-8H2,1H3. The van der Waals surface area contributed by atoms with Gasteiger partial charge in [-0.05, 0) is 38.6 Å². The Kier molecular flexibility index (Phi) is 4.14. The molecule has 1 aliphatic carbocycles. The Morgan fingerprint density at radius 3 is 2.57 bits per heavy atom. The molecule has 1 saturated carbocycles. The Balaban J connectivity index is 1.63. The summed E-state index contributed by atoms with van der Waals surface area (Å²) in [6.07, 6.45) is 5.40. The van der Waals surface area contributed by atoms with Gasteiger partial charge in [0.05, 0.1) is 0 Å². The minimum Gasteiger partial charge on any atom is -0.381 e. The Bertz CT molecular complexity index is 167. The van der Waals surface area contributed by atoms with Crippen LogP contribution in [0.3, 0.4) is 0 Å². The summed E-state index contributed by atoms with van der Waals surface area (Å²) in [5.74, 6) is 2.28. The molecule has 0 amide bonds. The predicted molar refractivity (Wildman–Crippen MR) is 61.9 cm³/mol. The number of thioether (sulfide) groups is 1. The predicted octanol–water partition coefficient (Wildman–Crippen LogP) is 1.90. The number of hydrogen-bond acceptors (Lipinski definition) is 3. The van der Waals surface area contributed by atoms with E-state index in [0.29, 0.717) is 0 Å². The SMILES string of the molecule is CNC(CSC1CCOCC1)C1CC1. The van der Waals surface area contributed by atoms with Crippen LogP contribution < -0.4 is 5.32 Å². The van der Waals surface area contributed by atoms with Crippen molar-refractivity contribution < 1.29 is 4.74 Å². The van der Waals surface area contributed by atoms with Crippen LogP contribution in [-0.4, -0.2) is 37.3 Å². The van der Waals surface area contributed by atoms with Gasteiger partial charge in [-0.3, -0.25) is 0 Å². The molecule has 0 aromatic heterocycles. The fourth-order valence-electron chi connectivity index (χ4n) is 2.04. The van der Waals surface area contributed by atoms with Crippen molar-refractivity contribution in [2.45, 2.75) is 37.0 Å². The van der Waals surface area contributed by atoms with Crippen LogP contribution in [0.1, 0.15) is 25.7 Å². The van der Waals surface area contributed by atoms with Gasteiger partial charge in [-0.25, -0.2) is 0 Å². The van der Waals surface area contributed by atoms with Gasteiger partial charge in [0.25, 0.3) is 0 Å². The third-order valence-corrected chi connectivity index (χ3v) is 4.74. The number of rotatable bonds is 5. The van der Waals surface area contributed by atoms with E-state index in [9.17, 15) is 0 Å². The first kappa shape index (κ1) is 10.8. The van der Waals surface area contributed by atoms with Crippen molar-refractivity contribution in [1.82, 2.24) is 5.32 Å². The molecular formula is C11H21NOS. The summed E-state index contributed by atoms with van der Waals surface area (Å²) in [6, 6.07) is 0.767.